The molecule has 0 heterocycles. The van der Waals surface area contributed by atoms with E-state index in [0.29, 0.717) is 11.8 Å². The van der Waals surface area contributed by atoms with E-state index in [2.05, 4.69) is 32.0 Å². The minimum atomic E-state index is -3.88. The van der Waals surface area contributed by atoms with Crippen LogP contribution < -0.4 is 9.88 Å². The van der Waals surface area contributed by atoms with Crippen LogP contribution in [0.5, 0.6) is 5.75 Å². The monoisotopic (exact) mass is 483 g/mol. The van der Waals surface area contributed by atoms with E-state index in [1.807, 2.05) is 0 Å². The van der Waals surface area contributed by atoms with Crippen molar-refractivity contribution in [2.45, 2.75) is 69.3 Å². The Bertz CT molecular complexity index is 1240. The van der Waals surface area contributed by atoms with Crippen LogP contribution >= 0.6 is 0 Å². The molecular formula is C27H33NO5S. The fraction of sp³-hybridized carbons (Fsp3) is 0.519. The van der Waals surface area contributed by atoms with Crippen LogP contribution in [0.15, 0.2) is 47.4 Å². The zero-order valence-corrected chi connectivity index (χ0v) is 20.9. The smallest absolute Gasteiger partial charge is 0.338 e. The van der Waals surface area contributed by atoms with Crippen molar-refractivity contribution in [3.63, 3.8) is 0 Å². The third-order valence-electron chi connectivity index (χ3n) is 9.12. The standard InChI is InChI=1S/C27H33NO5S/c1-26-13-11-17-15-19(32-3)7-8-21(17)22(26)12-14-27(2)23(26)9-10-24(27)33-25(29)18-5-4-6-20(16-18)34(28,30)31/h4-8,15-16,22-24H,9-14H2,1-3H3,(H2,28,30,31)/t22-,23+,24+,26-,27+/m1/s1. The molecule has 2 aromatic carbocycles. The van der Waals surface area contributed by atoms with Crippen molar-refractivity contribution >= 4 is 16.0 Å². The SMILES string of the molecule is COc1ccc2c(c1)CC[C@@]1(C)[C@@H]3CC[C@H](OC(=O)c4cccc(S(N)(=O)=O)c4)[C@@]3(C)CC[C@H]21. The molecule has 0 aromatic heterocycles. The second-order valence-electron chi connectivity index (χ2n) is 10.8. The lowest BCUT2D eigenvalue weighted by Gasteiger charge is -2.57. The Kier molecular flexibility index (Phi) is 5.56. The highest BCUT2D eigenvalue weighted by Crippen LogP contribution is 2.67. The predicted octanol–water partition coefficient (Wildman–Crippen LogP) is 4.81. The molecule has 2 N–H and O–H groups in total. The topological polar surface area (TPSA) is 95.7 Å². The van der Waals surface area contributed by atoms with Crippen LogP contribution in [0.2, 0.25) is 0 Å². The number of hydrogen-bond acceptors (Lipinski definition) is 5. The first-order valence-corrected chi connectivity index (χ1v) is 13.6. The van der Waals surface area contributed by atoms with Crippen LogP contribution in [-0.2, 0) is 21.2 Å². The summed E-state index contributed by atoms with van der Waals surface area (Å²) in [7, 11) is -2.17. The van der Waals surface area contributed by atoms with E-state index >= 15 is 0 Å². The fourth-order valence-electron chi connectivity index (χ4n) is 7.37. The number of rotatable bonds is 4. The number of primary sulfonamides is 1. The first kappa shape index (κ1) is 23.4. The molecule has 182 valence electrons. The molecule has 0 aliphatic heterocycles. The van der Waals surface area contributed by atoms with Gasteiger partial charge in [-0.3, -0.25) is 0 Å². The third kappa shape index (κ3) is 3.64. The van der Waals surface area contributed by atoms with Gasteiger partial charge in [0.05, 0.1) is 17.6 Å². The zero-order valence-electron chi connectivity index (χ0n) is 20.0. The number of methoxy groups -OCH3 is 1. The van der Waals surface area contributed by atoms with Crippen molar-refractivity contribution in [2.24, 2.45) is 21.9 Å². The van der Waals surface area contributed by atoms with Crippen LogP contribution in [0.3, 0.4) is 0 Å². The molecule has 3 aliphatic carbocycles. The second-order valence-corrected chi connectivity index (χ2v) is 12.3. The number of ether oxygens (including phenoxy) is 2. The lowest BCUT2D eigenvalue weighted by molar-refractivity contribution is -0.0751. The van der Waals surface area contributed by atoms with Gasteiger partial charge in [-0.2, -0.15) is 0 Å². The minimum Gasteiger partial charge on any atom is -0.497 e. The number of nitrogens with two attached hydrogens (primary N) is 1. The molecular weight excluding hydrogens is 450 g/mol. The molecule has 0 spiro atoms. The average molecular weight is 484 g/mol. The van der Waals surface area contributed by atoms with E-state index in [4.69, 9.17) is 14.6 Å². The summed E-state index contributed by atoms with van der Waals surface area (Å²) in [5.41, 5.74) is 3.14. The molecule has 5 atom stereocenters. The quantitative estimate of drug-likeness (QED) is 0.630. The van der Waals surface area contributed by atoms with Crippen molar-refractivity contribution in [3.8, 4) is 5.75 Å². The van der Waals surface area contributed by atoms with E-state index in [1.54, 1.807) is 13.2 Å². The molecule has 2 aromatic rings. The predicted molar refractivity (Wildman–Crippen MR) is 129 cm³/mol. The van der Waals surface area contributed by atoms with Crippen LogP contribution in [0.4, 0.5) is 0 Å². The maximum atomic E-state index is 13.0. The van der Waals surface area contributed by atoms with Crippen LogP contribution in [-0.4, -0.2) is 27.6 Å². The molecule has 34 heavy (non-hydrogen) atoms. The number of carbonyl (C=O) groups excluding carboxylic acids is 1. The Morgan fingerprint density at radius 2 is 1.82 bits per heavy atom. The third-order valence-corrected chi connectivity index (χ3v) is 10.0. The van der Waals surface area contributed by atoms with E-state index in [0.717, 1.165) is 44.3 Å². The van der Waals surface area contributed by atoms with Gasteiger partial charge >= 0.3 is 5.97 Å². The summed E-state index contributed by atoms with van der Waals surface area (Å²) >= 11 is 0. The van der Waals surface area contributed by atoms with Gasteiger partial charge in [0.2, 0.25) is 10.0 Å². The van der Waals surface area contributed by atoms with Crippen molar-refractivity contribution < 1.29 is 22.7 Å². The molecule has 6 nitrogen and oxygen atoms in total. The highest BCUT2D eigenvalue weighted by atomic mass is 32.2. The van der Waals surface area contributed by atoms with Gasteiger partial charge in [0.15, 0.2) is 0 Å². The largest absolute Gasteiger partial charge is 0.497 e. The van der Waals surface area contributed by atoms with Gasteiger partial charge in [0.25, 0.3) is 0 Å². The number of hydrogen-bond donors (Lipinski definition) is 1. The lowest BCUT2D eigenvalue weighted by Crippen LogP contribution is -2.50. The Morgan fingerprint density at radius 3 is 2.56 bits per heavy atom. The normalized spacial score (nSPS) is 32.3. The number of benzene rings is 2. The first-order chi connectivity index (χ1) is 16.1. The van der Waals surface area contributed by atoms with Crippen LogP contribution in [0.1, 0.15) is 73.4 Å². The molecule has 0 radical (unpaired) electrons. The van der Waals surface area contributed by atoms with Gasteiger partial charge in [0.1, 0.15) is 11.9 Å². The van der Waals surface area contributed by atoms with E-state index in [9.17, 15) is 13.2 Å². The second kappa shape index (κ2) is 8.09. The number of fused-ring (bicyclic) bond motifs is 5. The van der Waals surface area contributed by atoms with E-state index in [-0.39, 0.29) is 27.4 Å². The van der Waals surface area contributed by atoms with Crippen LogP contribution in [0, 0.1) is 16.7 Å². The van der Waals surface area contributed by atoms with Crippen molar-refractivity contribution in [3.05, 3.63) is 59.2 Å². The summed E-state index contributed by atoms with van der Waals surface area (Å²) in [5.74, 6) is 1.40. The summed E-state index contributed by atoms with van der Waals surface area (Å²) in [5, 5.41) is 5.24. The van der Waals surface area contributed by atoms with Crippen molar-refractivity contribution in [2.75, 3.05) is 7.11 Å². The van der Waals surface area contributed by atoms with Crippen LogP contribution in [0.25, 0.3) is 0 Å². The average Bonchev–Trinajstić information content (AvgIpc) is 3.15. The number of carbonyl (C=O) groups is 1. The Labute approximate surface area is 201 Å². The summed E-state index contributed by atoms with van der Waals surface area (Å²) in [6, 6.07) is 12.3. The molecule has 0 unspecified atom stereocenters. The maximum absolute atomic E-state index is 13.0. The van der Waals surface area contributed by atoms with E-state index < -0.39 is 16.0 Å². The molecule has 0 saturated heterocycles. The van der Waals surface area contributed by atoms with Gasteiger partial charge in [-0.1, -0.05) is 26.0 Å². The minimum absolute atomic E-state index is 0.0806. The molecule has 5 rings (SSSR count). The Balaban J connectivity index is 1.39. The first-order valence-electron chi connectivity index (χ1n) is 12.1. The highest BCUT2D eigenvalue weighted by molar-refractivity contribution is 7.89. The fourth-order valence-corrected chi connectivity index (χ4v) is 7.93. The molecule has 7 heteroatoms. The highest BCUT2D eigenvalue weighted by Gasteiger charge is 2.61. The number of sulfonamides is 1. The van der Waals surface area contributed by atoms with E-state index in [1.165, 1.54) is 29.3 Å². The zero-order chi connectivity index (χ0) is 24.3. The number of esters is 1. The summed E-state index contributed by atoms with van der Waals surface area (Å²) in [6.45, 7) is 4.72. The molecule has 0 amide bonds. The Hall–Kier alpha value is -2.38. The van der Waals surface area contributed by atoms with Gasteiger partial charge in [0, 0.05) is 5.41 Å². The van der Waals surface area contributed by atoms with Gasteiger partial charge in [-0.05, 0) is 97.2 Å². The lowest BCUT2D eigenvalue weighted by atomic mass is 9.48. The molecule has 2 fully saturated rings. The maximum Gasteiger partial charge on any atom is 0.338 e. The summed E-state index contributed by atoms with van der Waals surface area (Å²) < 4.78 is 34.9. The molecule has 3 aliphatic rings. The van der Waals surface area contributed by atoms with Gasteiger partial charge < -0.3 is 9.47 Å². The molecule has 2 saturated carbocycles. The van der Waals surface area contributed by atoms with Gasteiger partial charge in [-0.25, -0.2) is 18.4 Å². The Morgan fingerprint density at radius 1 is 1.03 bits per heavy atom. The van der Waals surface area contributed by atoms with Gasteiger partial charge in [-0.15, -0.1) is 0 Å². The summed E-state index contributed by atoms with van der Waals surface area (Å²) in [4.78, 5) is 12.9. The summed E-state index contributed by atoms with van der Waals surface area (Å²) in [6.07, 6.45) is 5.91. The number of aryl methyl sites for hydroxylation is 1. The van der Waals surface area contributed by atoms with Crippen molar-refractivity contribution in [1.82, 2.24) is 0 Å². The van der Waals surface area contributed by atoms with Crippen molar-refractivity contribution in [1.29, 1.82) is 0 Å². The molecule has 0 bridgehead atoms.